The van der Waals surface area contributed by atoms with E-state index in [0.717, 1.165) is 5.56 Å². The van der Waals surface area contributed by atoms with Crippen molar-refractivity contribution in [2.45, 2.75) is 12.5 Å². The molecule has 0 radical (unpaired) electrons. The number of hydrogen-bond acceptors (Lipinski definition) is 3. The third-order valence-corrected chi connectivity index (χ3v) is 3.81. The molecule has 0 saturated carbocycles. The topological polar surface area (TPSA) is 52.2 Å². The van der Waals surface area contributed by atoms with Crippen LogP contribution in [0.1, 0.15) is 28.4 Å². The molecule has 0 bridgehead atoms. The van der Waals surface area contributed by atoms with Gasteiger partial charge in [-0.05, 0) is 17.7 Å². The first kappa shape index (κ1) is 11.2. The van der Waals surface area contributed by atoms with Crippen molar-refractivity contribution in [3.63, 3.8) is 0 Å². The van der Waals surface area contributed by atoms with Gasteiger partial charge in [-0.15, -0.1) is 0 Å². The molecular weight excluding hydrogens is 254 g/mol. The molecule has 1 atom stereocenters. The first-order valence-electron chi connectivity index (χ1n) is 6.48. The van der Waals surface area contributed by atoms with Gasteiger partial charge in [0.05, 0.1) is 6.04 Å². The van der Waals surface area contributed by atoms with E-state index in [2.05, 4.69) is 0 Å². The van der Waals surface area contributed by atoms with Gasteiger partial charge >= 0.3 is 5.76 Å². The van der Waals surface area contributed by atoms with Gasteiger partial charge in [0.15, 0.2) is 11.4 Å². The third-order valence-electron chi connectivity index (χ3n) is 3.81. The molecule has 3 aromatic rings. The van der Waals surface area contributed by atoms with E-state index in [-0.39, 0.29) is 18.2 Å². The quantitative estimate of drug-likeness (QED) is 0.679. The van der Waals surface area contributed by atoms with E-state index in [4.69, 9.17) is 4.42 Å². The van der Waals surface area contributed by atoms with Crippen LogP contribution in [0.4, 0.5) is 0 Å². The fraction of sp³-hybridized carbons (Fsp3) is 0.125. The number of para-hydroxylation sites is 1. The highest BCUT2D eigenvalue weighted by molar-refractivity contribution is 6.07. The van der Waals surface area contributed by atoms with E-state index in [1.807, 2.05) is 30.3 Å². The van der Waals surface area contributed by atoms with Gasteiger partial charge in [-0.25, -0.2) is 4.79 Å². The number of carbonyl (C=O) groups excluding carboxylic acids is 1. The fourth-order valence-corrected chi connectivity index (χ4v) is 2.91. The Bertz CT molecular complexity index is 874. The minimum absolute atomic E-state index is 0.0465. The van der Waals surface area contributed by atoms with Crippen molar-refractivity contribution in [3.8, 4) is 0 Å². The molecule has 1 aromatic heterocycles. The lowest BCUT2D eigenvalue weighted by Gasteiger charge is -2.23. The SMILES string of the molecule is O=C1C[C@H](c2ccccc2)n2c(=O)oc3cccc1c32. The van der Waals surface area contributed by atoms with Crippen LogP contribution in [0.25, 0.3) is 11.1 Å². The molecule has 4 heteroatoms. The summed E-state index contributed by atoms with van der Waals surface area (Å²) in [6.07, 6.45) is 0.287. The van der Waals surface area contributed by atoms with E-state index in [1.54, 1.807) is 22.8 Å². The molecule has 0 unspecified atom stereocenters. The minimum Gasteiger partial charge on any atom is -0.408 e. The lowest BCUT2D eigenvalue weighted by Crippen LogP contribution is -2.28. The molecule has 98 valence electrons. The normalized spacial score (nSPS) is 17.6. The van der Waals surface area contributed by atoms with Crippen molar-refractivity contribution in [3.05, 3.63) is 70.2 Å². The second-order valence-corrected chi connectivity index (χ2v) is 4.94. The van der Waals surface area contributed by atoms with E-state index in [0.29, 0.717) is 16.7 Å². The minimum atomic E-state index is -0.409. The highest BCUT2D eigenvalue weighted by Gasteiger charge is 2.31. The number of oxazole rings is 1. The highest BCUT2D eigenvalue weighted by atomic mass is 16.4. The van der Waals surface area contributed by atoms with E-state index >= 15 is 0 Å². The van der Waals surface area contributed by atoms with Gasteiger partial charge < -0.3 is 4.42 Å². The van der Waals surface area contributed by atoms with E-state index in [1.165, 1.54) is 0 Å². The Morgan fingerprint density at radius 1 is 1.00 bits per heavy atom. The molecule has 2 heterocycles. The Labute approximate surface area is 114 Å². The molecule has 1 aliphatic heterocycles. The molecular formula is C16H11NO3. The number of benzene rings is 2. The summed E-state index contributed by atoms with van der Waals surface area (Å²) in [7, 11) is 0. The molecule has 0 fully saturated rings. The number of aromatic nitrogens is 1. The molecule has 0 spiro atoms. The van der Waals surface area contributed by atoms with Crippen molar-refractivity contribution < 1.29 is 9.21 Å². The van der Waals surface area contributed by atoms with Crippen molar-refractivity contribution in [2.24, 2.45) is 0 Å². The van der Waals surface area contributed by atoms with Crippen molar-refractivity contribution in [1.82, 2.24) is 4.57 Å². The summed E-state index contributed by atoms with van der Waals surface area (Å²) in [4.78, 5) is 24.4. The predicted octanol–water partition coefficient (Wildman–Crippen LogP) is 2.77. The number of hydrogen-bond donors (Lipinski definition) is 0. The van der Waals surface area contributed by atoms with Crippen molar-refractivity contribution in [2.75, 3.05) is 0 Å². The lowest BCUT2D eigenvalue weighted by atomic mass is 9.93. The molecule has 0 aliphatic carbocycles. The maximum atomic E-state index is 12.3. The smallest absolute Gasteiger partial charge is 0.408 e. The Morgan fingerprint density at radius 3 is 2.60 bits per heavy atom. The van der Waals surface area contributed by atoms with Crippen LogP contribution in [0.15, 0.2) is 57.7 Å². The van der Waals surface area contributed by atoms with Gasteiger partial charge in [0.2, 0.25) is 0 Å². The van der Waals surface area contributed by atoms with Crippen molar-refractivity contribution in [1.29, 1.82) is 0 Å². The summed E-state index contributed by atoms with van der Waals surface area (Å²) in [5, 5.41) is 0. The summed E-state index contributed by atoms with van der Waals surface area (Å²) >= 11 is 0. The molecule has 0 saturated heterocycles. The van der Waals surface area contributed by atoms with E-state index in [9.17, 15) is 9.59 Å². The van der Waals surface area contributed by atoms with Gasteiger partial charge in [-0.3, -0.25) is 9.36 Å². The van der Waals surface area contributed by atoms with Crippen molar-refractivity contribution >= 4 is 16.9 Å². The molecule has 1 aliphatic rings. The van der Waals surface area contributed by atoms with Gasteiger partial charge in [0, 0.05) is 12.0 Å². The summed E-state index contributed by atoms with van der Waals surface area (Å²) in [5.41, 5.74) is 2.60. The molecule has 2 aromatic carbocycles. The molecule has 4 nitrogen and oxygen atoms in total. The summed E-state index contributed by atoms with van der Waals surface area (Å²) < 4.78 is 6.86. The van der Waals surface area contributed by atoms with Crippen LogP contribution in [0.5, 0.6) is 0 Å². The second-order valence-electron chi connectivity index (χ2n) is 4.94. The average molecular weight is 265 g/mol. The van der Waals surface area contributed by atoms with Crippen LogP contribution in [0, 0.1) is 0 Å². The number of ketones is 1. The Morgan fingerprint density at radius 2 is 1.80 bits per heavy atom. The summed E-state index contributed by atoms with van der Waals surface area (Å²) in [6.45, 7) is 0. The maximum absolute atomic E-state index is 12.3. The predicted molar refractivity (Wildman–Crippen MR) is 74.0 cm³/mol. The standard InChI is InChI=1S/C16H11NO3/c18-13-9-12(10-5-2-1-3-6-10)17-15-11(13)7-4-8-14(15)20-16(17)19/h1-8,12H,9H2/t12-/m1/s1. The van der Waals surface area contributed by atoms with Gasteiger partial charge in [0.1, 0.15) is 5.52 Å². The Kier molecular flexibility index (Phi) is 2.21. The Hall–Kier alpha value is -2.62. The molecule has 0 amide bonds. The molecule has 4 rings (SSSR count). The van der Waals surface area contributed by atoms with Gasteiger partial charge in [0.25, 0.3) is 0 Å². The van der Waals surface area contributed by atoms with Crippen LogP contribution >= 0.6 is 0 Å². The first-order chi connectivity index (χ1) is 9.75. The summed E-state index contributed by atoms with van der Waals surface area (Å²) in [5.74, 6) is -0.362. The zero-order chi connectivity index (χ0) is 13.7. The fourth-order valence-electron chi connectivity index (χ4n) is 2.91. The summed E-state index contributed by atoms with van der Waals surface area (Å²) in [6, 6.07) is 14.5. The zero-order valence-corrected chi connectivity index (χ0v) is 10.6. The number of carbonyl (C=O) groups is 1. The average Bonchev–Trinajstić information content (AvgIpc) is 2.81. The lowest BCUT2D eigenvalue weighted by molar-refractivity contribution is 0.0963. The largest absolute Gasteiger partial charge is 0.420 e. The maximum Gasteiger partial charge on any atom is 0.420 e. The van der Waals surface area contributed by atoms with Crippen LogP contribution < -0.4 is 5.76 Å². The second kappa shape index (κ2) is 3.93. The van der Waals surface area contributed by atoms with Crippen LogP contribution in [-0.4, -0.2) is 10.4 Å². The molecule has 20 heavy (non-hydrogen) atoms. The Balaban J connectivity index is 2.07. The number of Topliss-reactive ketones (excluding diaryl/α,β-unsaturated/α-hetero) is 1. The van der Waals surface area contributed by atoms with Crippen LogP contribution in [-0.2, 0) is 0 Å². The zero-order valence-electron chi connectivity index (χ0n) is 10.6. The highest BCUT2D eigenvalue weighted by Crippen LogP contribution is 2.33. The van der Waals surface area contributed by atoms with Crippen LogP contribution in [0.2, 0.25) is 0 Å². The van der Waals surface area contributed by atoms with Gasteiger partial charge in [-0.2, -0.15) is 0 Å². The third kappa shape index (κ3) is 1.42. The van der Waals surface area contributed by atoms with Gasteiger partial charge in [-0.1, -0.05) is 36.4 Å². The number of nitrogens with zero attached hydrogens (tertiary/aromatic N) is 1. The monoisotopic (exact) mass is 265 g/mol. The number of rotatable bonds is 1. The molecule has 0 N–H and O–H groups in total. The first-order valence-corrected chi connectivity index (χ1v) is 6.48. The van der Waals surface area contributed by atoms with E-state index < -0.39 is 5.76 Å². The van der Waals surface area contributed by atoms with Crippen LogP contribution in [0.3, 0.4) is 0 Å².